The number of carbonyl (C=O) groups is 1. The number of nitrogens with zero attached hydrogens (tertiary/aromatic N) is 1. The number of para-hydroxylation sites is 3. The fourth-order valence-corrected chi connectivity index (χ4v) is 2.80. The van der Waals surface area contributed by atoms with Crippen molar-refractivity contribution < 1.29 is 32.2 Å². The standard InChI is InChI=1S/C19H18F3NO4/c1-12-17(26-16-10-6-5-9-15(16)25-12)18(24)23(2)11-13-7-3-4-8-14(13)27-19(20,21)22/h3-10,12,17H,11H2,1-2H3/t12-,17+/m1/s1. The van der Waals surface area contributed by atoms with E-state index in [9.17, 15) is 18.0 Å². The van der Waals surface area contributed by atoms with Crippen LogP contribution in [0.15, 0.2) is 48.5 Å². The summed E-state index contributed by atoms with van der Waals surface area (Å²) in [4.78, 5) is 14.1. The highest BCUT2D eigenvalue weighted by molar-refractivity contribution is 5.82. The molecule has 0 radical (unpaired) electrons. The molecule has 1 heterocycles. The molecular weight excluding hydrogens is 363 g/mol. The quantitative estimate of drug-likeness (QED) is 0.809. The fraction of sp³-hybridized carbons (Fsp3) is 0.316. The Labute approximate surface area is 154 Å². The molecule has 144 valence electrons. The zero-order valence-electron chi connectivity index (χ0n) is 14.7. The smallest absolute Gasteiger partial charge is 0.482 e. The average molecular weight is 381 g/mol. The predicted molar refractivity (Wildman–Crippen MR) is 90.5 cm³/mol. The number of fused-ring (bicyclic) bond motifs is 1. The summed E-state index contributed by atoms with van der Waals surface area (Å²) in [5, 5.41) is 0. The van der Waals surface area contributed by atoms with Gasteiger partial charge in [0.05, 0.1) is 0 Å². The van der Waals surface area contributed by atoms with Crippen LogP contribution >= 0.6 is 0 Å². The van der Waals surface area contributed by atoms with E-state index in [2.05, 4.69) is 4.74 Å². The van der Waals surface area contributed by atoms with Crippen LogP contribution in [-0.4, -0.2) is 36.4 Å². The molecule has 0 saturated carbocycles. The van der Waals surface area contributed by atoms with Gasteiger partial charge in [0.25, 0.3) is 5.91 Å². The second-order valence-corrected chi connectivity index (χ2v) is 6.16. The molecular formula is C19H18F3NO4. The zero-order valence-corrected chi connectivity index (χ0v) is 14.7. The van der Waals surface area contributed by atoms with E-state index >= 15 is 0 Å². The average Bonchev–Trinajstić information content (AvgIpc) is 2.61. The molecule has 0 aliphatic carbocycles. The van der Waals surface area contributed by atoms with E-state index in [1.807, 2.05) is 0 Å². The van der Waals surface area contributed by atoms with E-state index in [0.717, 1.165) is 0 Å². The topological polar surface area (TPSA) is 48.0 Å². The number of halogens is 3. The van der Waals surface area contributed by atoms with E-state index < -0.39 is 24.5 Å². The van der Waals surface area contributed by atoms with Crippen LogP contribution in [0.2, 0.25) is 0 Å². The molecule has 0 unspecified atom stereocenters. The molecule has 0 spiro atoms. The molecule has 1 aliphatic rings. The van der Waals surface area contributed by atoms with Crippen LogP contribution < -0.4 is 14.2 Å². The van der Waals surface area contributed by atoms with E-state index in [0.29, 0.717) is 11.5 Å². The number of hydrogen-bond acceptors (Lipinski definition) is 4. The van der Waals surface area contributed by atoms with Crippen molar-refractivity contribution in [2.75, 3.05) is 7.05 Å². The maximum absolute atomic E-state index is 12.8. The molecule has 0 aromatic heterocycles. The van der Waals surface area contributed by atoms with Crippen molar-refractivity contribution in [2.24, 2.45) is 0 Å². The first-order chi connectivity index (χ1) is 12.7. The molecule has 0 saturated heterocycles. The highest BCUT2D eigenvalue weighted by Gasteiger charge is 2.36. The molecule has 2 atom stereocenters. The number of likely N-dealkylation sites (N-methyl/N-ethyl adjacent to an activating group) is 1. The molecule has 5 nitrogen and oxygen atoms in total. The summed E-state index contributed by atoms with van der Waals surface area (Å²) in [5.41, 5.74) is 0.232. The lowest BCUT2D eigenvalue weighted by Gasteiger charge is -2.33. The van der Waals surface area contributed by atoms with Crippen molar-refractivity contribution in [2.45, 2.75) is 32.0 Å². The van der Waals surface area contributed by atoms with Crippen LogP contribution in [0.3, 0.4) is 0 Å². The number of ether oxygens (including phenoxy) is 3. The monoisotopic (exact) mass is 381 g/mol. The summed E-state index contributed by atoms with van der Waals surface area (Å²) < 4.78 is 53.2. The van der Waals surface area contributed by atoms with Crippen LogP contribution in [0.1, 0.15) is 12.5 Å². The molecule has 1 aliphatic heterocycles. The van der Waals surface area contributed by atoms with Gasteiger partial charge >= 0.3 is 6.36 Å². The summed E-state index contributed by atoms with van der Waals surface area (Å²) in [7, 11) is 1.49. The van der Waals surface area contributed by atoms with Crippen molar-refractivity contribution in [3.63, 3.8) is 0 Å². The van der Waals surface area contributed by atoms with Gasteiger partial charge in [0.2, 0.25) is 6.10 Å². The molecule has 8 heteroatoms. The second-order valence-electron chi connectivity index (χ2n) is 6.16. The minimum absolute atomic E-state index is 0.0701. The van der Waals surface area contributed by atoms with Crippen molar-refractivity contribution in [1.82, 2.24) is 4.90 Å². The number of amides is 1. The van der Waals surface area contributed by atoms with Gasteiger partial charge in [-0.1, -0.05) is 30.3 Å². The first-order valence-corrected chi connectivity index (χ1v) is 8.25. The maximum atomic E-state index is 12.8. The SMILES string of the molecule is C[C@H]1Oc2ccccc2O[C@@H]1C(=O)N(C)Cc1ccccc1OC(F)(F)F. The van der Waals surface area contributed by atoms with Crippen LogP contribution in [0.25, 0.3) is 0 Å². The van der Waals surface area contributed by atoms with Gasteiger partial charge < -0.3 is 19.1 Å². The van der Waals surface area contributed by atoms with Crippen molar-refractivity contribution >= 4 is 5.91 Å². The van der Waals surface area contributed by atoms with Crippen LogP contribution in [0, 0.1) is 0 Å². The Balaban J connectivity index is 1.74. The molecule has 0 bridgehead atoms. The molecule has 0 fully saturated rings. The Morgan fingerprint density at radius 3 is 2.33 bits per heavy atom. The minimum Gasteiger partial charge on any atom is -0.482 e. The van der Waals surface area contributed by atoms with Gasteiger partial charge in [-0.3, -0.25) is 4.79 Å². The Morgan fingerprint density at radius 1 is 1.07 bits per heavy atom. The Hall–Kier alpha value is -2.90. The lowest BCUT2D eigenvalue weighted by atomic mass is 10.1. The maximum Gasteiger partial charge on any atom is 0.573 e. The fourth-order valence-electron chi connectivity index (χ4n) is 2.80. The molecule has 0 N–H and O–H groups in total. The minimum atomic E-state index is -4.81. The van der Waals surface area contributed by atoms with Crippen LogP contribution in [0.4, 0.5) is 13.2 Å². The van der Waals surface area contributed by atoms with Gasteiger partial charge in [-0.15, -0.1) is 13.2 Å². The molecule has 27 heavy (non-hydrogen) atoms. The van der Waals surface area contributed by atoms with Crippen molar-refractivity contribution in [3.05, 3.63) is 54.1 Å². The first-order valence-electron chi connectivity index (χ1n) is 8.25. The number of alkyl halides is 3. The van der Waals surface area contributed by atoms with Crippen molar-refractivity contribution in [3.8, 4) is 17.2 Å². The van der Waals surface area contributed by atoms with Crippen LogP contribution in [-0.2, 0) is 11.3 Å². The summed E-state index contributed by atoms with van der Waals surface area (Å²) in [5.74, 6) is 0.242. The highest BCUT2D eigenvalue weighted by Crippen LogP contribution is 2.34. The number of benzene rings is 2. The largest absolute Gasteiger partial charge is 0.573 e. The van der Waals surface area contributed by atoms with E-state index in [1.165, 1.54) is 30.1 Å². The highest BCUT2D eigenvalue weighted by atomic mass is 19.4. The first kappa shape index (κ1) is 18.9. The van der Waals surface area contributed by atoms with Gasteiger partial charge in [-0.05, 0) is 25.1 Å². The number of rotatable bonds is 4. The third kappa shape index (κ3) is 4.45. The summed E-state index contributed by atoms with van der Waals surface area (Å²) >= 11 is 0. The second kappa shape index (κ2) is 7.38. The summed E-state index contributed by atoms with van der Waals surface area (Å²) in [6, 6.07) is 12.7. The number of hydrogen-bond donors (Lipinski definition) is 0. The van der Waals surface area contributed by atoms with Gasteiger partial charge in [0, 0.05) is 19.2 Å². The zero-order chi connectivity index (χ0) is 19.6. The summed E-state index contributed by atoms with van der Waals surface area (Å²) in [6.45, 7) is 1.63. The van der Waals surface area contributed by atoms with Gasteiger partial charge in [0.15, 0.2) is 11.5 Å². The van der Waals surface area contributed by atoms with Gasteiger partial charge in [-0.25, -0.2) is 0 Å². The normalized spacial score (nSPS) is 18.7. The molecule has 2 aromatic rings. The van der Waals surface area contributed by atoms with Gasteiger partial charge in [0.1, 0.15) is 11.9 Å². The predicted octanol–water partition coefficient (Wildman–Crippen LogP) is 3.77. The Bertz CT molecular complexity index is 825. The van der Waals surface area contributed by atoms with Crippen molar-refractivity contribution in [1.29, 1.82) is 0 Å². The number of carbonyl (C=O) groups excluding carboxylic acids is 1. The molecule has 2 aromatic carbocycles. The Morgan fingerprint density at radius 2 is 1.67 bits per heavy atom. The summed E-state index contributed by atoms with van der Waals surface area (Å²) in [6.07, 6.45) is -6.26. The van der Waals surface area contributed by atoms with Crippen LogP contribution in [0.5, 0.6) is 17.2 Å². The lowest BCUT2D eigenvalue weighted by molar-refractivity contribution is -0.275. The third-order valence-corrected chi connectivity index (χ3v) is 4.07. The Kier molecular flexibility index (Phi) is 5.16. The van der Waals surface area contributed by atoms with E-state index in [4.69, 9.17) is 9.47 Å². The third-order valence-electron chi connectivity index (χ3n) is 4.07. The van der Waals surface area contributed by atoms with E-state index in [-0.39, 0.29) is 17.9 Å². The molecule has 3 rings (SSSR count). The van der Waals surface area contributed by atoms with E-state index in [1.54, 1.807) is 37.3 Å². The van der Waals surface area contributed by atoms with Gasteiger partial charge in [-0.2, -0.15) is 0 Å². The lowest BCUT2D eigenvalue weighted by Crippen LogP contribution is -2.49. The molecule has 1 amide bonds.